The van der Waals surface area contributed by atoms with Crippen molar-refractivity contribution in [1.29, 1.82) is 0 Å². The molecular formula is C14H25N3O. The van der Waals surface area contributed by atoms with Gasteiger partial charge in [0.15, 0.2) is 0 Å². The predicted octanol–water partition coefficient (Wildman–Crippen LogP) is 1.97. The van der Waals surface area contributed by atoms with Gasteiger partial charge in [-0.1, -0.05) is 0 Å². The first-order valence-electron chi connectivity index (χ1n) is 6.46. The average Bonchev–Trinajstić information content (AvgIpc) is 2.28. The van der Waals surface area contributed by atoms with Gasteiger partial charge in [-0.25, -0.2) is 4.98 Å². The van der Waals surface area contributed by atoms with Crippen LogP contribution in [0.5, 0.6) is 0 Å². The normalized spacial score (nSPS) is 11.0. The van der Waals surface area contributed by atoms with Gasteiger partial charge >= 0.3 is 0 Å². The lowest BCUT2D eigenvalue weighted by molar-refractivity contribution is 0.203. The van der Waals surface area contributed by atoms with E-state index in [1.807, 2.05) is 14.0 Å². The lowest BCUT2D eigenvalue weighted by Gasteiger charge is -2.28. The highest BCUT2D eigenvalue weighted by Gasteiger charge is 2.12. The topological polar surface area (TPSA) is 37.4 Å². The van der Waals surface area contributed by atoms with Crippen LogP contribution in [0.4, 0.5) is 5.82 Å². The Morgan fingerprint density at radius 2 is 2.11 bits per heavy atom. The molecule has 18 heavy (non-hydrogen) atoms. The van der Waals surface area contributed by atoms with Gasteiger partial charge in [0.2, 0.25) is 0 Å². The number of methoxy groups -OCH3 is 1. The van der Waals surface area contributed by atoms with Crippen molar-refractivity contribution < 1.29 is 4.74 Å². The third-order valence-electron chi connectivity index (χ3n) is 2.83. The fraction of sp³-hybridized carbons (Fsp3) is 0.643. The minimum Gasteiger partial charge on any atom is -0.383 e. The molecule has 0 aliphatic carbocycles. The zero-order valence-corrected chi connectivity index (χ0v) is 12.2. The summed E-state index contributed by atoms with van der Waals surface area (Å²) in [5.41, 5.74) is 2.32. The van der Waals surface area contributed by atoms with Gasteiger partial charge in [-0.05, 0) is 45.5 Å². The first-order valence-corrected chi connectivity index (χ1v) is 6.46. The Balaban J connectivity index is 2.95. The van der Waals surface area contributed by atoms with Gasteiger partial charge in [0, 0.05) is 31.9 Å². The number of rotatable bonds is 7. The van der Waals surface area contributed by atoms with Crippen molar-refractivity contribution in [3.05, 3.63) is 23.4 Å². The molecule has 4 heteroatoms. The van der Waals surface area contributed by atoms with Crippen LogP contribution in [-0.4, -0.2) is 38.3 Å². The molecule has 0 saturated heterocycles. The maximum atomic E-state index is 5.17. The molecule has 0 unspecified atom stereocenters. The molecule has 102 valence electrons. The summed E-state index contributed by atoms with van der Waals surface area (Å²) in [4.78, 5) is 6.91. The number of hydrogen-bond donors (Lipinski definition) is 1. The number of aromatic nitrogens is 1. The van der Waals surface area contributed by atoms with E-state index in [0.29, 0.717) is 6.04 Å². The van der Waals surface area contributed by atoms with Gasteiger partial charge in [-0.15, -0.1) is 0 Å². The standard InChI is InChI=1S/C14H25N3O/c1-11(2)17(6-7-18-5)14-9-13(10-15-4)8-12(3)16-14/h8-9,11,15H,6-7,10H2,1-5H3. The van der Waals surface area contributed by atoms with Crippen molar-refractivity contribution in [3.63, 3.8) is 0 Å². The summed E-state index contributed by atoms with van der Waals surface area (Å²) in [5, 5.41) is 3.18. The van der Waals surface area contributed by atoms with E-state index in [1.165, 1.54) is 5.56 Å². The van der Waals surface area contributed by atoms with Crippen LogP contribution in [-0.2, 0) is 11.3 Å². The molecule has 4 nitrogen and oxygen atoms in total. The number of pyridine rings is 1. The van der Waals surface area contributed by atoms with Crippen molar-refractivity contribution in [3.8, 4) is 0 Å². The number of hydrogen-bond acceptors (Lipinski definition) is 4. The number of nitrogens with one attached hydrogen (secondary N) is 1. The second-order valence-electron chi connectivity index (χ2n) is 4.79. The smallest absolute Gasteiger partial charge is 0.129 e. The minimum absolute atomic E-state index is 0.414. The summed E-state index contributed by atoms with van der Waals surface area (Å²) in [6, 6.07) is 4.69. The van der Waals surface area contributed by atoms with Crippen LogP contribution >= 0.6 is 0 Å². The summed E-state index contributed by atoms with van der Waals surface area (Å²) >= 11 is 0. The molecule has 1 aromatic rings. The molecule has 0 atom stereocenters. The van der Waals surface area contributed by atoms with Gasteiger partial charge in [-0.3, -0.25) is 0 Å². The molecule has 0 aliphatic heterocycles. The van der Waals surface area contributed by atoms with Gasteiger partial charge in [0.25, 0.3) is 0 Å². The SMILES string of the molecule is CNCc1cc(C)nc(N(CCOC)C(C)C)c1. The molecular weight excluding hydrogens is 226 g/mol. The van der Waals surface area contributed by atoms with E-state index in [4.69, 9.17) is 4.74 Å². The summed E-state index contributed by atoms with van der Waals surface area (Å²) in [6.45, 7) is 8.84. The van der Waals surface area contributed by atoms with Crippen molar-refractivity contribution in [2.45, 2.75) is 33.4 Å². The minimum atomic E-state index is 0.414. The van der Waals surface area contributed by atoms with Crippen molar-refractivity contribution in [2.75, 3.05) is 32.2 Å². The lowest BCUT2D eigenvalue weighted by Crippen LogP contribution is -2.34. The number of nitrogens with zero attached hydrogens (tertiary/aromatic N) is 2. The molecule has 0 fully saturated rings. The molecule has 0 amide bonds. The first kappa shape index (κ1) is 14.9. The fourth-order valence-electron chi connectivity index (χ4n) is 2.00. The highest BCUT2D eigenvalue weighted by molar-refractivity contribution is 5.43. The number of anilines is 1. The Hall–Kier alpha value is -1.13. The third-order valence-corrected chi connectivity index (χ3v) is 2.83. The molecule has 0 spiro atoms. The van der Waals surface area contributed by atoms with E-state index < -0.39 is 0 Å². The highest BCUT2D eigenvalue weighted by Crippen LogP contribution is 2.17. The Bertz CT molecular complexity index is 366. The van der Waals surface area contributed by atoms with E-state index in [0.717, 1.165) is 31.2 Å². The lowest BCUT2D eigenvalue weighted by atomic mass is 10.2. The van der Waals surface area contributed by atoms with E-state index in [1.54, 1.807) is 7.11 Å². The zero-order chi connectivity index (χ0) is 13.5. The fourth-order valence-corrected chi connectivity index (χ4v) is 2.00. The summed E-state index contributed by atoms with van der Waals surface area (Å²) in [7, 11) is 3.69. The van der Waals surface area contributed by atoms with Crippen LogP contribution in [0, 0.1) is 6.92 Å². The van der Waals surface area contributed by atoms with E-state index in [2.05, 4.69) is 41.2 Å². The van der Waals surface area contributed by atoms with Crippen LogP contribution in [0.25, 0.3) is 0 Å². The monoisotopic (exact) mass is 251 g/mol. The van der Waals surface area contributed by atoms with Gasteiger partial charge in [0.1, 0.15) is 5.82 Å². The number of aryl methyl sites for hydroxylation is 1. The summed E-state index contributed by atoms with van der Waals surface area (Å²) in [6.07, 6.45) is 0. The number of ether oxygens (including phenoxy) is 1. The van der Waals surface area contributed by atoms with Crippen LogP contribution in [0.15, 0.2) is 12.1 Å². The molecule has 0 radical (unpaired) electrons. The van der Waals surface area contributed by atoms with Crippen LogP contribution in [0.2, 0.25) is 0 Å². The zero-order valence-electron chi connectivity index (χ0n) is 12.2. The molecule has 0 aromatic carbocycles. The Kier molecular flexibility index (Phi) is 6.09. The van der Waals surface area contributed by atoms with Gasteiger partial charge in [-0.2, -0.15) is 0 Å². The third kappa shape index (κ3) is 4.27. The van der Waals surface area contributed by atoms with Crippen LogP contribution in [0.3, 0.4) is 0 Å². The molecule has 0 bridgehead atoms. The second kappa shape index (κ2) is 7.34. The molecule has 0 saturated carbocycles. The van der Waals surface area contributed by atoms with Gasteiger partial charge < -0.3 is 15.0 Å². The van der Waals surface area contributed by atoms with E-state index >= 15 is 0 Å². The predicted molar refractivity (Wildman–Crippen MR) is 76.1 cm³/mol. The van der Waals surface area contributed by atoms with Gasteiger partial charge in [0.05, 0.1) is 6.61 Å². The molecule has 1 N–H and O–H groups in total. The Labute approximate surface area is 110 Å². The largest absolute Gasteiger partial charge is 0.383 e. The first-order chi connectivity index (χ1) is 8.58. The maximum absolute atomic E-state index is 5.17. The van der Waals surface area contributed by atoms with Crippen molar-refractivity contribution in [2.24, 2.45) is 0 Å². The maximum Gasteiger partial charge on any atom is 0.129 e. The van der Waals surface area contributed by atoms with E-state index in [-0.39, 0.29) is 0 Å². The Morgan fingerprint density at radius 1 is 1.39 bits per heavy atom. The van der Waals surface area contributed by atoms with E-state index in [9.17, 15) is 0 Å². The Morgan fingerprint density at radius 3 is 2.67 bits per heavy atom. The molecule has 1 aromatic heterocycles. The molecule has 1 rings (SSSR count). The van der Waals surface area contributed by atoms with Crippen molar-refractivity contribution in [1.82, 2.24) is 10.3 Å². The summed E-state index contributed by atoms with van der Waals surface area (Å²) < 4.78 is 5.17. The second-order valence-corrected chi connectivity index (χ2v) is 4.79. The molecule has 1 heterocycles. The van der Waals surface area contributed by atoms with Crippen LogP contribution in [0.1, 0.15) is 25.1 Å². The average molecular weight is 251 g/mol. The van der Waals surface area contributed by atoms with Crippen molar-refractivity contribution >= 4 is 5.82 Å². The highest BCUT2D eigenvalue weighted by atomic mass is 16.5. The van der Waals surface area contributed by atoms with Crippen LogP contribution < -0.4 is 10.2 Å². The quantitative estimate of drug-likeness (QED) is 0.804. The summed E-state index contributed by atoms with van der Waals surface area (Å²) in [5.74, 6) is 1.03. The molecule has 0 aliphatic rings.